The lowest BCUT2D eigenvalue weighted by molar-refractivity contribution is -0.745. The van der Waals surface area contributed by atoms with Gasteiger partial charge >= 0.3 is 19.4 Å². The number of aromatic amines is 1. The van der Waals surface area contributed by atoms with Crippen molar-refractivity contribution in [2.45, 2.75) is 45.3 Å². The number of anilines is 1. The Balaban J connectivity index is 1.96. The molecule has 0 amide bonds. The summed E-state index contributed by atoms with van der Waals surface area (Å²) in [6.07, 6.45) is -3.92. The summed E-state index contributed by atoms with van der Waals surface area (Å²) in [7, 11) is -6.59. The van der Waals surface area contributed by atoms with Crippen molar-refractivity contribution >= 4 is 38.3 Å². The number of aliphatic hydroxyl groups is 1. The predicted octanol–water partition coefficient (Wildman–Crippen LogP) is 0.0188. The van der Waals surface area contributed by atoms with E-state index in [9.17, 15) is 28.7 Å². The first-order chi connectivity index (χ1) is 15.9. The zero-order valence-electron chi connectivity index (χ0n) is 20.1. The van der Waals surface area contributed by atoms with Crippen molar-refractivity contribution in [1.29, 1.82) is 0 Å². The lowest BCUT2D eigenvalue weighted by Gasteiger charge is -2.25. The highest BCUT2D eigenvalue weighted by molar-refractivity contribution is 7.66. The van der Waals surface area contributed by atoms with Crippen molar-refractivity contribution in [3.05, 3.63) is 16.7 Å². The number of ether oxygens (including phenoxy) is 2. The number of phosphoric ester groups is 1. The zero-order valence-corrected chi connectivity index (χ0v) is 21.9. The highest BCUT2D eigenvalue weighted by Crippen LogP contribution is 2.58. The van der Waals surface area contributed by atoms with Gasteiger partial charge in [0.05, 0.1) is 19.1 Å². The van der Waals surface area contributed by atoms with Crippen LogP contribution in [0.4, 0.5) is 5.95 Å². The van der Waals surface area contributed by atoms with Gasteiger partial charge in [-0.3, -0.25) is 28.2 Å². The summed E-state index contributed by atoms with van der Waals surface area (Å²) in [6, 6.07) is 0. The largest absolute Gasteiger partial charge is 0.477 e. The van der Waals surface area contributed by atoms with Gasteiger partial charge in [-0.05, 0) is 20.8 Å². The first-order valence-corrected chi connectivity index (χ1v) is 14.5. The van der Waals surface area contributed by atoms with Crippen LogP contribution in [0.1, 0.15) is 27.0 Å². The molecule has 1 aliphatic heterocycles. The third kappa shape index (κ3) is 6.18. The minimum Gasteiger partial charge on any atom is -0.456 e. The Bertz CT molecular complexity index is 1280. The minimum atomic E-state index is -4.77. The quantitative estimate of drug-likeness (QED) is 0.209. The van der Waals surface area contributed by atoms with Crippen LogP contribution >= 0.6 is 15.2 Å². The zero-order chi connectivity index (χ0) is 26.5. The van der Waals surface area contributed by atoms with Gasteiger partial charge in [0.25, 0.3) is 11.5 Å². The number of phosphoric acid groups is 1. The number of H-pyrrole nitrogens is 1. The molecule has 5 atom stereocenters. The number of hydrogen-bond acceptors (Lipinski definition) is 11. The second-order valence-electron chi connectivity index (χ2n) is 9.53. The van der Waals surface area contributed by atoms with Crippen molar-refractivity contribution < 1.29 is 46.8 Å². The van der Waals surface area contributed by atoms with E-state index >= 15 is 0 Å². The molecule has 1 fully saturated rings. The van der Waals surface area contributed by atoms with Gasteiger partial charge in [0.15, 0.2) is 18.5 Å². The van der Waals surface area contributed by atoms with E-state index in [1.165, 1.54) is 15.5 Å². The Kier molecular flexibility index (Phi) is 7.37. The van der Waals surface area contributed by atoms with Crippen LogP contribution in [-0.4, -0.2) is 68.8 Å². The molecule has 3 rings (SSSR count). The first kappa shape index (κ1) is 27.5. The molecule has 2 aromatic rings. The lowest BCUT2D eigenvalue weighted by atomic mass is 9.97. The Morgan fingerprint density at radius 1 is 1.37 bits per heavy atom. The molecule has 15 nitrogen and oxygen atoms in total. The van der Waals surface area contributed by atoms with Gasteiger partial charge in [0.1, 0.15) is 6.10 Å². The van der Waals surface area contributed by atoms with E-state index in [2.05, 4.69) is 14.3 Å². The molecular weight excluding hydrogens is 508 g/mol. The summed E-state index contributed by atoms with van der Waals surface area (Å²) in [5.74, 6) is -0.847. The molecule has 1 unspecified atom stereocenters. The number of aryl methyl sites for hydroxylation is 1. The summed E-state index contributed by atoms with van der Waals surface area (Å²) in [5, 5.41) is 11.1. The van der Waals surface area contributed by atoms with E-state index < -0.39 is 63.3 Å². The van der Waals surface area contributed by atoms with E-state index in [-0.39, 0.29) is 17.1 Å². The molecule has 0 saturated carbocycles. The smallest absolute Gasteiger partial charge is 0.456 e. The maximum absolute atomic E-state index is 12.6. The van der Waals surface area contributed by atoms with Gasteiger partial charge < -0.3 is 25.2 Å². The summed E-state index contributed by atoms with van der Waals surface area (Å²) >= 11 is 0. The van der Waals surface area contributed by atoms with Gasteiger partial charge in [-0.25, -0.2) is 13.4 Å². The first-order valence-electron chi connectivity index (χ1n) is 10.4. The SMILES string of the molecule is Cn1c[n+]([C@@H]2O[C@H](COP(=O)(O)OP(C)(C)=O)[C@@H](OC(=O)C(C)(C)C)[C@H]2O)c2nc(N)[nH]c(=O)c21. The molecule has 0 aromatic carbocycles. The van der Waals surface area contributed by atoms with Crippen LogP contribution in [-0.2, 0) is 39.3 Å². The fraction of sp³-hybridized carbons (Fsp3) is 0.667. The van der Waals surface area contributed by atoms with Crippen molar-refractivity contribution in [2.75, 3.05) is 25.7 Å². The predicted molar refractivity (Wildman–Crippen MR) is 122 cm³/mol. The number of nitrogens with zero attached hydrogens (tertiary/aromatic N) is 3. The number of hydrogen-bond donors (Lipinski definition) is 4. The lowest BCUT2D eigenvalue weighted by Crippen LogP contribution is -2.47. The summed E-state index contributed by atoms with van der Waals surface area (Å²) in [4.78, 5) is 41.3. The fourth-order valence-electron chi connectivity index (χ4n) is 3.42. The van der Waals surface area contributed by atoms with Crippen molar-refractivity contribution in [1.82, 2.24) is 14.5 Å². The van der Waals surface area contributed by atoms with Crippen LogP contribution in [0.5, 0.6) is 0 Å². The number of rotatable bonds is 7. The third-order valence-corrected chi connectivity index (χ3v) is 7.80. The van der Waals surface area contributed by atoms with Crippen molar-refractivity contribution in [2.24, 2.45) is 12.5 Å². The van der Waals surface area contributed by atoms with E-state index in [0.717, 1.165) is 13.3 Å². The number of nitrogens with one attached hydrogen (secondary N) is 1. The summed E-state index contributed by atoms with van der Waals surface area (Å²) in [5.41, 5.74) is 4.42. The van der Waals surface area contributed by atoms with Crippen molar-refractivity contribution in [3.8, 4) is 0 Å². The van der Waals surface area contributed by atoms with Crippen LogP contribution in [0.2, 0.25) is 0 Å². The summed E-state index contributed by atoms with van der Waals surface area (Å²) in [6.45, 7) is 6.43. The molecule has 35 heavy (non-hydrogen) atoms. The average Bonchev–Trinajstić information content (AvgIpc) is 3.14. The monoisotopic (exact) mass is 538 g/mol. The molecule has 0 radical (unpaired) electrons. The average molecular weight is 538 g/mol. The van der Waals surface area contributed by atoms with E-state index in [1.807, 2.05) is 0 Å². The molecule has 0 aliphatic carbocycles. The Labute approximate surface area is 200 Å². The topological polar surface area (TPSA) is 209 Å². The van der Waals surface area contributed by atoms with Crippen LogP contribution in [0, 0.1) is 5.41 Å². The van der Waals surface area contributed by atoms with Gasteiger partial charge in [-0.15, -0.1) is 0 Å². The van der Waals surface area contributed by atoms with Crippen molar-refractivity contribution in [3.63, 3.8) is 0 Å². The number of nitrogen functional groups attached to an aromatic ring is 1. The maximum Gasteiger partial charge on any atom is 0.477 e. The molecule has 196 valence electrons. The number of fused-ring (bicyclic) bond motifs is 1. The Morgan fingerprint density at radius 3 is 2.57 bits per heavy atom. The standard InChI is InChI=1S/C18H29N5O10P2/c1-18(2,3)16(26)32-12-9(7-30-35(28,29)33-34(5,6)27)31-15(11(12)24)23-8-22(4)10-13(23)20-17(19)21-14(10)25/h8-9,11-12,15,24H,7H2,1-6H3,(H3-,19,20,21,25,28,29)/p+1/t9-,11-,12-,15-/m1/s1. The van der Waals surface area contributed by atoms with Crippen LogP contribution in [0.25, 0.3) is 11.2 Å². The second-order valence-corrected chi connectivity index (χ2v) is 13.9. The van der Waals surface area contributed by atoms with Crippen LogP contribution in [0.3, 0.4) is 0 Å². The number of imidazole rings is 1. The number of nitrogens with two attached hydrogens (primary N) is 1. The number of carbonyl (C=O) groups excluding carboxylic acids is 1. The van der Waals surface area contributed by atoms with Crippen LogP contribution < -0.4 is 15.9 Å². The fourth-order valence-corrected chi connectivity index (χ4v) is 5.94. The van der Waals surface area contributed by atoms with Gasteiger partial charge in [0, 0.05) is 13.3 Å². The maximum atomic E-state index is 12.6. The number of aromatic nitrogens is 4. The number of aliphatic hydroxyl groups excluding tert-OH is 1. The second kappa shape index (κ2) is 9.40. The van der Waals surface area contributed by atoms with Gasteiger partial charge in [-0.1, -0.05) is 4.98 Å². The number of esters is 1. The Morgan fingerprint density at radius 2 is 2.00 bits per heavy atom. The third-order valence-electron chi connectivity index (χ3n) is 4.93. The molecule has 1 aliphatic rings. The van der Waals surface area contributed by atoms with E-state index in [0.29, 0.717) is 0 Å². The molecular formula is C18H30N5O10P2+. The molecule has 5 N–H and O–H groups in total. The highest BCUT2D eigenvalue weighted by atomic mass is 31.3. The van der Waals surface area contributed by atoms with Gasteiger partial charge in [0.2, 0.25) is 19.1 Å². The van der Waals surface area contributed by atoms with E-state index in [4.69, 9.17) is 19.7 Å². The number of carbonyl (C=O) groups is 1. The molecule has 2 aromatic heterocycles. The van der Waals surface area contributed by atoms with E-state index in [1.54, 1.807) is 27.8 Å². The highest BCUT2D eigenvalue weighted by Gasteiger charge is 2.51. The molecule has 3 heterocycles. The Hall–Kier alpha value is -2.12. The molecule has 0 bridgehead atoms. The normalized spacial score (nSPS) is 25.0. The summed E-state index contributed by atoms with van der Waals surface area (Å²) < 4.78 is 47.7. The molecule has 0 spiro atoms. The van der Waals surface area contributed by atoms with Gasteiger partial charge in [-0.2, -0.15) is 0 Å². The minimum absolute atomic E-state index is 0.0781. The molecule has 1 saturated heterocycles. The molecule has 17 heteroatoms. The van der Waals surface area contributed by atoms with Crippen LogP contribution in [0.15, 0.2) is 11.1 Å².